The molecule has 0 spiro atoms. The van der Waals surface area contributed by atoms with E-state index < -0.39 is 0 Å². The second kappa shape index (κ2) is 10.9. The maximum absolute atomic E-state index is 13.1. The predicted molar refractivity (Wildman–Crippen MR) is 135 cm³/mol. The molecule has 1 N–H and O–H groups in total. The van der Waals surface area contributed by atoms with Crippen LogP contribution in [0.25, 0.3) is 6.08 Å². The Morgan fingerprint density at radius 3 is 2.36 bits per heavy atom. The Balaban J connectivity index is 1.33. The largest absolute Gasteiger partial charge is 0.367 e. The van der Waals surface area contributed by atoms with Gasteiger partial charge in [0.15, 0.2) is 0 Å². The number of likely N-dealkylation sites (N-methyl/N-ethyl adjacent to an activating group) is 1. The molecule has 2 aromatic rings. The van der Waals surface area contributed by atoms with Gasteiger partial charge in [-0.2, -0.15) is 0 Å². The molecule has 33 heavy (non-hydrogen) atoms. The Morgan fingerprint density at radius 1 is 0.970 bits per heavy atom. The molecule has 0 aliphatic carbocycles. The third-order valence-corrected chi connectivity index (χ3v) is 6.69. The fourth-order valence-electron chi connectivity index (χ4n) is 4.37. The Hall–Kier alpha value is -2.83. The van der Waals surface area contributed by atoms with Crippen molar-refractivity contribution in [3.05, 3.63) is 65.2 Å². The highest BCUT2D eigenvalue weighted by Gasteiger charge is 2.27. The van der Waals surface area contributed by atoms with Crippen LogP contribution in [0.3, 0.4) is 0 Å². The Kier molecular flexibility index (Phi) is 7.68. The maximum Gasteiger partial charge on any atom is 0.246 e. The van der Waals surface area contributed by atoms with E-state index in [2.05, 4.69) is 22.2 Å². The van der Waals surface area contributed by atoms with Crippen LogP contribution in [0.1, 0.15) is 18.4 Å². The highest BCUT2D eigenvalue weighted by atomic mass is 35.5. The van der Waals surface area contributed by atoms with Gasteiger partial charge < -0.3 is 20.0 Å². The quantitative estimate of drug-likeness (QED) is 0.677. The monoisotopic (exact) mass is 466 g/mol. The third kappa shape index (κ3) is 6.15. The van der Waals surface area contributed by atoms with Crippen molar-refractivity contribution in [3.8, 4) is 0 Å². The summed E-state index contributed by atoms with van der Waals surface area (Å²) in [6, 6.07) is 15.5. The summed E-state index contributed by atoms with van der Waals surface area (Å²) >= 11 is 6.25. The van der Waals surface area contributed by atoms with Crippen LogP contribution in [0, 0.1) is 5.92 Å². The van der Waals surface area contributed by atoms with Crippen LogP contribution in [0.2, 0.25) is 5.02 Å². The molecular formula is C26H31ClN4O2. The van der Waals surface area contributed by atoms with Crippen molar-refractivity contribution in [2.75, 3.05) is 56.5 Å². The number of nitrogens with one attached hydrogen (secondary N) is 1. The van der Waals surface area contributed by atoms with Crippen molar-refractivity contribution in [1.82, 2.24) is 9.80 Å². The molecule has 2 amide bonds. The molecule has 0 unspecified atom stereocenters. The summed E-state index contributed by atoms with van der Waals surface area (Å²) in [7, 11) is 2.12. The van der Waals surface area contributed by atoms with Gasteiger partial charge in [-0.05, 0) is 49.7 Å². The van der Waals surface area contributed by atoms with Crippen molar-refractivity contribution < 1.29 is 9.59 Å². The van der Waals surface area contributed by atoms with Gasteiger partial charge in [0, 0.05) is 56.3 Å². The summed E-state index contributed by atoms with van der Waals surface area (Å²) in [5, 5.41) is 3.73. The Labute approximate surface area is 200 Å². The minimum absolute atomic E-state index is 0.000397. The molecule has 6 nitrogen and oxygen atoms in total. The number of benzene rings is 2. The number of hydrogen-bond acceptors (Lipinski definition) is 4. The van der Waals surface area contributed by atoms with Crippen molar-refractivity contribution in [3.63, 3.8) is 0 Å². The van der Waals surface area contributed by atoms with Gasteiger partial charge in [-0.15, -0.1) is 0 Å². The van der Waals surface area contributed by atoms with E-state index in [1.165, 1.54) is 0 Å². The van der Waals surface area contributed by atoms with E-state index in [4.69, 9.17) is 11.6 Å². The molecule has 2 fully saturated rings. The first-order valence-electron chi connectivity index (χ1n) is 11.6. The number of piperidine rings is 1. The summed E-state index contributed by atoms with van der Waals surface area (Å²) in [6.45, 7) is 4.96. The molecule has 0 bridgehead atoms. The SMILES string of the molecule is CN1CCN(c2ccc(Cl)cc2NC(=O)C2CCN(C(=O)/C=C/c3ccccc3)CC2)CC1. The van der Waals surface area contributed by atoms with Gasteiger partial charge in [0.05, 0.1) is 11.4 Å². The number of likely N-dealkylation sites (tertiary alicyclic amines) is 1. The lowest BCUT2D eigenvalue weighted by Crippen LogP contribution is -2.45. The number of anilines is 2. The van der Waals surface area contributed by atoms with Crippen molar-refractivity contribution in [2.24, 2.45) is 5.92 Å². The molecule has 2 aliphatic heterocycles. The number of rotatable bonds is 5. The van der Waals surface area contributed by atoms with E-state index in [-0.39, 0.29) is 17.7 Å². The average molecular weight is 467 g/mol. The van der Waals surface area contributed by atoms with Crippen LogP contribution >= 0.6 is 11.6 Å². The molecule has 2 heterocycles. The van der Waals surface area contributed by atoms with Crippen molar-refractivity contribution >= 4 is 40.9 Å². The lowest BCUT2D eigenvalue weighted by molar-refractivity contribution is -0.130. The summed E-state index contributed by atoms with van der Waals surface area (Å²) in [5.41, 5.74) is 2.78. The fraction of sp³-hybridized carbons (Fsp3) is 0.385. The third-order valence-electron chi connectivity index (χ3n) is 6.46. The van der Waals surface area contributed by atoms with E-state index in [1.54, 1.807) is 6.08 Å². The molecule has 0 radical (unpaired) electrons. The molecular weight excluding hydrogens is 436 g/mol. The normalized spacial score (nSPS) is 18.0. The molecule has 174 valence electrons. The number of amides is 2. The van der Waals surface area contributed by atoms with E-state index >= 15 is 0 Å². The minimum Gasteiger partial charge on any atom is -0.367 e. The first-order valence-corrected chi connectivity index (χ1v) is 11.9. The Morgan fingerprint density at radius 2 is 1.67 bits per heavy atom. The molecule has 2 aromatic carbocycles. The first-order chi connectivity index (χ1) is 16.0. The number of halogens is 1. The molecule has 0 saturated carbocycles. The summed E-state index contributed by atoms with van der Waals surface area (Å²) in [6.07, 6.45) is 4.76. The number of carbonyl (C=O) groups is 2. The fourth-order valence-corrected chi connectivity index (χ4v) is 4.54. The van der Waals surface area contributed by atoms with E-state index in [1.807, 2.05) is 59.5 Å². The van der Waals surface area contributed by atoms with E-state index in [0.29, 0.717) is 31.0 Å². The number of piperazine rings is 1. The molecule has 0 aromatic heterocycles. The second-order valence-electron chi connectivity index (χ2n) is 8.78. The van der Waals surface area contributed by atoms with Gasteiger partial charge in [0.1, 0.15) is 0 Å². The van der Waals surface area contributed by atoms with Crippen molar-refractivity contribution in [2.45, 2.75) is 12.8 Å². The number of nitrogens with zero attached hydrogens (tertiary/aromatic N) is 3. The number of carbonyl (C=O) groups excluding carboxylic acids is 2. The van der Waals surface area contributed by atoms with Crippen LogP contribution in [0.15, 0.2) is 54.6 Å². The highest BCUT2D eigenvalue weighted by molar-refractivity contribution is 6.31. The van der Waals surface area contributed by atoms with Gasteiger partial charge in [0.25, 0.3) is 0 Å². The topological polar surface area (TPSA) is 55.9 Å². The number of hydrogen-bond donors (Lipinski definition) is 1. The zero-order valence-corrected chi connectivity index (χ0v) is 19.8. The minimum atomic E-state index is -0.119. The van der Waals surface area contributed by atoms with E-state index in [9.17, 15) is 9.59 Å². The average Bonchev–Trinajstić information content (AvgIpc) is 2.84. The van der Waals surface area contributed by atoms with Crippen molar-refractivity contribution in [1.29, 1.82) is 0 Å². The Bertz CT molecular complexity index is 995. The standard InChI is InChI=1S/C26H31ClN4O2/c1-29-15-17-30(18-16-29)24-9-8-22(27)19-23(24)28-26(33)21-11-13-31(14-12-21)25(32)10-7-20-5-3-2-4-6-20/h2-10,19,21H,11-18H2,1H3,(H,28,33)/b10-7+. The first kappa shape index (κ1) is 23.3. The summed E-state index contributed by atoms with van der Waals surface area (Å²) in [4.78, 5) is 32.0. The molecule has 2 aliphatic rings. The van der Waals surface area contributed by atoms with Crippen LogP contribution in [-0.2, 0) is 9.59 Å². The van der Waals surface area contributed by atoms with Crippen LogP contribution in [0.5, 0.6) is 0 Å². The zero-order valence-electron chi connectivity index (χ0n) is 19.0. The maximum atomic E-state index is 13.1. The molecule has 2 saturated heterocycles. The van der Waals surface area contributed by atoms with Gasteiger partial charge in [-0.1, -0.05) is 41.9 Å². The van der Waals surface area contributed by atoms with Gasteiger partial charge in [0.2, 0.25) is 11.8 Å². The molecule has 0 atom stereocenters. The van der Waals surface area contributed by atoms with Crippen LogP contribution in [-0.4, -0.2) is 67.9 Å². The molecule has 4 rings (SSSR count). The van der Waals surface area contributed by atoms with Gasteiger partial charge in [-0.3, -0.25) is 9.59 Å². The van der Waals surface area contributed by atoms with E-state index in [0.717, 1.165) is 43.1 Å². The summed E-state index contributed by atoms with van der Waals surface area (Å²) < 4.78 is 0. The smallest absolute Gasteiger partial charge is 0.246 e. The summed E-state index contributed by atoms with van der Waals surface area (Å²) in [5.74, 6) is -0.129. The molecule has 7 heteroatoms. The van der Waals surface area contributed by atoms with Gasteiger partial charge in [-0.25, -0.2) is 0 Å². The highest BCUT2D eigenvalue weighted by Crippen LogP contribution is 2.31. The second-order valence-corrected chi connectivity index (χ2v) is 9.22. The lowest BCUT2D eigenvalue weighted by atomic mass is 9.95. The lowest BCUT2D eigenvalue weighted by Gasteiger charge is -2.35. The van der Waals surface area contributed by atoms with Crippen LogP contribution < -0.4 is 10.2 Å². The van der Waals surface area contributed by atoms with Crippen LogP contribution in [0.4, 0.5) is 11.4 Å². The zero-order chi connectivity index (χ0) is 23.2. The van der Waals surface area contributed by atoms with Gasteiger partial charge >= 0.3 is 0 Å². The predicted octanol–water partition coefficient (Wildman–Crippen LogP) is 3.98.